The monoisotopic (exact) mass is 466 g/mol. The summed E-state index contributed by atoms with van der Waals surface area (Å²) in [6, 6.07) is 11.6. The van der Waals surface area contributed by atoms with E-state index in [4.69, 9.17) is 22.2 Å². The van der Waals surface area contributed by atoms with E-state index < -0.39 is 0 Å². The summed E-state index contributed by atoms with van der Waals surface area (Å²) in [6.45, 7) is 0. The molecular formula is C14H13BrClIN2O. The van der Waals surface area contributed by atoms with Gasteiger partial charge < -0.3 is 4.74 Å². The van der Waals surface area contributed by atoms with E-state index >= 15 is 0 Å². The minimum Gasteiger partial charge on any atom is -0.495 e. The average Bonchev–Trinajstić information content (AvgIpc) is 2.45. The lowest BCUT2D eigenvalue weighted by Crippen LogP contribution is -2.29. The Hall–Kier alpha value is -0.340. The molecule has 0 amide bonds. The molecule has 106 valence electrons. The van der Waals surface area contributed by atoms with Crippen molar-refractivity contribution in [3.8, 4) is 5.75 Å². The summed E-state index contributed by atoms with van der Waals surface area (Å²) >= 11 is 11.8. The smallest absolute Gasteiger partial charge is 0.137 e. The Morgan fingerprint density at radius 1 is 1.30 bits per heavy atom. The van der Waals surface area contributed by atoms with Gasteiger partial charge in [-0.05, 0) is 64.0 Å². The zero-order valence-corrected chi connectivity index (χ0v) is 15.2. The van der Waals surface area contributed by atoms with E-state index in [1.165, 1.54) is 0 Å². The first kappa shape index (κ1) is 16.0. The number of rotatable bonds is 4. The van der Waals surface area contributed by atoms with Crippen molar-refractivity contribution < 1.29 is 4.74 Å². The summed E-state index contributed by atoms with van der Waals surface area (Å²) in [5.74, 6) is 6.38. The van der Waals surface area contributed by atoms with Gasteiger partial charge in [0.15, 0.2) is 0 Å². The van der Waals surface area contributed by atoms with Gasteiger partial charge >= 0.3 is 0 Å². The van der Waals surface area contributed by atoms with Crippen LogP contribution < -0.4 is 16.0 Å². The first-order valence-electron chi connectivity index (χ1n) is 5.81. The summed E-state index contributed by atoms with van der Waals surface area (Å²) in [4.78, 5) is 0. The summed E-state index contributed by atoms with van der Waals surface area (Å²) in [7, 11) is 1.60. The highest BCUT2D eigenvalue weighted by Gasteiger charge is 2.17. The predicted octanol–water partition coefficient (Wildman–Crippen LogP) is 4.27. The second kappa shape index (κ2) is 7.09. The Kier molecular flexibility index (Phi) is 5.68. The van der Waals surface area contributed by atoms with Crippen LogP contribution in [0.3, 0.4) is 0 Å². The van der Waals surface area contributed by atoms with E-state index in [1.54, 1.807) is 7.11 Å². The molecule has 6 heteroatoms. The van der Waals surface area contributed by atoms with Crippen molar-refractivity contribution in [2.24, 2.45) is 5.84 Å². The summed E-state index contributed by atoms with van der Waals surface area (Å²) in [5, 5.41) is 0.580. The molecule has 0 saturated heterocycles. The van der Waals surface area contributed by atoms with E-state index in [2.05, 4.69) is 43.9 Å². The number of hydrazine groups is 1. The second-order valence-electron chi connectivity index (χ2n) is 4.16. The Balaban J connectivity index is 2.49. The number of hydrogen-bond donors (Lipinski definition) is 2. The Morgan fingerprint density at radius 2 is 2.05 bits per heavy atom. The molecule has 0 aliphatic rings. The standard InChI is InChI=1S/C14H13BrClIN2O/c1-20-13-6-8(2-4-11(13)16)14(19-18)10-7-9(15)3-5-12(10)17/h2-7,14,19H,18H2,1H3. The number of nitrogens with two attached hydrogens (primary N) is 1. The third-order valence-corrected chi connectivity index (χ3v) is 4.73. The molecular weight excluding hydrogens is 454 g/mol. The molecule has 0 fully saturated rings. The number of nitrogens with one attached hydrogen (secondary N) is 1. The van der Waals surface area contributed by atoms with Crippen LogP contribution in [0.2, 0.25) is 5.02 Å². The average molecular weight is 468 g/mol. The number of hydrogen-bond acceptors (Lipinski definition) is 3. The van der Waals surface area contributed by atoms with Gasteiger partial charge in [0, 0.05) is 8.04 Å². The van der Waals surface area contributed by atoms with Crippen molar-refractivity contribution in [1.82, 2.24) is 5.43 Å². The van der Waals surface area contributed by atoms with Crippen molar-refractivity contribution in [2.75, 3.05) is 7.11 Å². The maximum Gasteiger partial charge on any atom is 0.137 e. The maximum absolute atomic E-state index is 6.06. The molecule has 0 radical (unpaired) electrons. The Morgan fingerprint density at radius 3 is 2.70 bits per heavy atom. The van der Waals surface area contributed by atoms with E-state index in [0.717, 1.165) is 19.2 Å². The summed E-state index contributed by atoms with van der Waals surface area (Å²) in [5.41, 5.74) is 4.93. The minimum absolute atomic E-state index is 0.134. The predicted molar refractivity (Wildman–Crippen MR) is 94.0 cm³/mol. The maximum atomic E-state index is 6.06. The lowest BCUT2D eigenvalue weighted by Gasteiger charge is -2.19. The fourth-order valence-electron chi connectivity index (χ4n) is 1.96. The Labute approximate surface area is 145 Å². The molecule has 2 rings (SSSR count). The van der Waals surface area contributed by atoms with Crippen molar-refractivity contribution in [1.29, 1.82) is 0 Å². The van der Waals surface area contributed by atoms with Crippen LogP contribution in [0, 0.1) is 3.57 Å². The van der Waals surface area contributed by atoms with Gasteiger partial charge in [-0.2, -0.15) is 0 Å². The third-order valence-electron chi connectivity index (χ3n) is 2.94. The molecule has 3 N–H and O–H groups in total. The first-order valence-corrected chi connectivity index (χ1v) is 8.06. The lowest BCUT2D eigenvalue weighted by atomic mass is 9.99. The van der Waals surface area contributed by atoms with E-state index in [-0.39, 0.29) is 6.04 Å². The highest BCUT2D eigenvalue weighted by atomic mass is 127. The van der Waals surface area contributed by atoms with Crippen LogP contribution in [0.15, 0.2) is 40.9 Å². The van der Waals surface area contributed by atoms with Gasteiger partial charge in [-0.15, -0.1) is 0 Å². The summed E-state index contributed by atoms with van der Waals surface area (Å²) in [6.07, 6.45) is 0. The largest absolute Gasteiger partial charge is 0.495 e. The van der Waals surface area contributed by atoms with Crippen LogP contribution in [-0.4, -0.2) is 7.11 Å². The van der Waals surface area contributed by atoms with Gasteiger partial charge in [-0.1, -0.05) is 33.6 Å². The third kappa shape index (κ3) is 3.46. The van der Waals surface area contributed by atoms with Crippen LogP contribution >= 0.6 is 50.1 Å². The number of methoxy groups -OCH3 is 1. The quantitative estimate of drug-likeness (QED) is 0.401. The van der Waals surface area contributed by atoms with Crippen LogP contribution in [0.5, 0.6) is 5.75 Å². The fraction of sp³-hybridized carbons (Fsp3) is 0.143. The molecule has 1 unspecified atom stereocenters. The molecule has 0 saturated carbocycles. The van der Waals surface area contributed by atoms with Crippen molar-refractivity contribution in [3.63, 3.8) is 0 Å². The Bertz CT molecular complexity index is 624. The fourth-order valence-corrected chi connectivity index (χ4v) is 3.18. The zero-order valence-electron chi connectivity index (χ0n) is 10.7. The molecule has 0 heterocycles. The van der Waals surface area contributed by atoms with Crippen LogP contribution in [-0.2, 0) is 0 Å². The number of ether oxygens (including phenoxy) is 1. The topological polar surface area (TPSA) is 47.3 Å². The molecule has 2 aromatic rings. The van der Waals surface area contributed by atoms with Gasteiger partial charge in [0.05, 0.1) is 18.2 Å². The normalized spacial score (nSPS) is 12.2. The van der Waals surface area contributed by atoms with Gasteiger partial charge in [0.25, 0.3) is 0 Å². The van der Waals surface area contributed by atoms with Gasteiger partial charge in [-0.25, -0.2) is 5.43 Å². The zero-order chi connectivity index (χ0) is 14.7. The molecule has 1 atom stereocenters. The van der Waals surface area contributed by atoms with Gasteiger partial charge in [0.1, 0.15) is 5.75 Å². The highest BCUT2D eigenvalue weighted by Crippen LogP contribution is 2.32. The van der Waals surface area contributed by atoms with Gasteiger partial charge in [-0.3, -0.25) is 5.84 Å². The SMILES string of the molecule is COc1cc(C(NN)c2cc(Br)ccc2I)ccc1Cl. The molecule has 20 heavy (non-hydrogen) atoms. The number of halogens is 3. The van der Waals surface area contributed by atoms with Crippen LogP contribution in [0.1, 0.15) is 17.2 Å². The molecule has 0 aliphatic carbocycles. The van der Waals surface area contributed by atoms with Crippen molar-refractivity contribution in [3.05, 3.63) is 60.6 Å². The van der Waals surface area contributed by atoms with E-state index in [0.29, 0.717) is 10.8 Å². The van der Waals surface area contributed by atoms with Crippen LogP contribution in [0.4, 0.5) is 0 Å². The first-order chi connectivity index (χ1) is 9.56. The van der Waals surface area contributed by atoms with Gasteiger partial charge in [0.2, 0.25) is 0 Å². The molecule has 0 aromatic heterocycles. The van der Waals surface area contributed by atoms with Crippen LogP contribution in [0.25, 0.3) is 0 Å². The number of benzene rings is 2. The lowest BCUT2D eigenvalue weighted by molar-refractivity contribution is 0.414. The molecule has 3 nitrogen and oxygen atoms in total. The highest BCUT2D eigenvalue weighted by molar-refractivity contribution is 14.1. The van der Waals surface area contributed by atoms with E-state index in [9.17, 15) is 0 Å². The minimum atomic E-state index is -0.134. The molecule has 2 aromatic carbocycles. The molecule has 0 aliphatic heterocycles. The summed E-state index contributed by atoms with van der Waals surface area (Å²) < 4.78 is 7.39. The molecule has 0 spiro atoms. The van der Waals surface area contributed by atoms with Crippen molar-refractivity contribution >= 4 is 50.1 Å². The van der Waals surface area contributed by atoms with E-state index in [1.807, 2.05) is 36.4 Å². The second-order valence-corrected chi connectivity index (χ2v) is 6.64. The molecule has 0 bridgehead atoms. The van der Waals surface area contributed by atoms with Crippen molar-refractivity contribution in [2.45, 2.75) is 6.04 Å².